The summed E-state index contributed by atoms with van der Waals surface area (Å²) in [7, 11) is 0. The minimum absolute atomic E-state index is 0.0288. The predicted octanol–water partition coefficient (Wildman–Crippen LogP) is 1.97. The molecule has 11 heteroatoms. The van der Waals surface area contributed by atoms with Crippen LogP contribution in [0.1, 0.15) is 20.7 Å². The van der Waals surface area contributed by atoms with Gasteiger partial charge in [0.1, 0.15) is 0 Å². The fourth-order valence-electron chi connectivity index (χ4n) is 3.35. The number of hydrogen-bond donors (Lipinski definition) is 4. The summed E-state index contributed by atoms with van der Waals surface area (Å²) in [5.74, 6) is -1.47. The maximum atomic E-state index is 13.2. The van der Waals surface area contributed by atoms with Crippen LogP contribution in [0, 0.1) is 0 Å². The Balaban J connectivity index is 2.11. The first-order valence-corrected chi connectivity index (χ1v) is 10.3. The molecule has 3 aromatic rings. The quantitative estimate of drug-likeness (QED) is 0.278. The maximum absolute atomic E-state index is 13.2. The van der Waals surface area contributed by atoms with Crippen molar-refractivity contribution in [3.63, 3.8) is 0 Å². The van der Waals surface area contributed by atoms with E-state index in [9.17, 15) is 27.1 Å². The lowest BCUT2D eigenvalue weighted by Crippen LogP contribution is -2.40. The zero-order chi connectivity index (χ0) is 21.0. The molecule has 29 heavy (non-hydrogen) atoms. The van der Waals surface area contributed by atoms with Crippen molar-refractivity contribution in [2.45, 2.75) is 9.79 Å². The highest BCUT2D eigenvalue weighted by atomic mass is 32.2. The van der Waals surface area contributed by atoms with Crippen LogP contribution in [0.15, 0.2) is 52.3 Å². The van der Waals surface area contributed by atoms with Gasteiger partial charge in [0, 0.05) is 16.5 Å². The van der Waals surface area contributed by atoms with E-state index in [4.69, 9.17) is 11.5 Å². The minimum Gasteiger partial charge on any atom is -0.399 e. The van der Waals surface area contributed by atoms with Gasteiger partial charge in [0.2, 0.25) is 0 Å². The average Bonchev–Trinajstić information content (AvgIpc) is 2.66. The van der Waals surface area contributed by atoms with Gasteiger partial charge >= 0.3 is 0 Å². The Kier molecular flexibility index (Phi) is 4.46. The minimum atomic E-state index is -2.53. The molecule has 1 aliphatic heterocycles. The fraction of sp³-hybridized carbons (Fsp3) is 0. The summed E-state index contributed by atoms with van der Waals surface area (Å²) in [5.41, 5.74) is 12.0. The summed E-state index contributed by atoms with van der Waals surface area (Å²) in [5, 5.41) is 0.227. The molecule has 0 spiro atoms. The van der Waals surface area contributed by atoms with Gasteiger partial charge < -0.3 is 20.6 Å². The molecule has 0 bridgehead atoms. The van der Waals surface area contributed by atoms with Crippen molar-refractivity contribution >= 4 is 61.8 Å². The highest BCUT2D eigenvalue weighted by Crippen LogP contribution is 2.39. The number of nitrogen functional groups attached to an aromatic ring is 2. The van der Waals surface area contributed by atoms with Crippen molar-refractivity contribution in [3.8, 4) is 0 Å². The largest absolute Gasteiger partial charge is 0.399 e. The molecule has 0 fully saturated rings. The van der Waals surface area contributed by atoms with Crippen molar-refractivity contribution < 1.29 is 27.1 Å². The number of rotatable bonds is 3. The molecule has 1 heterocycles. The van der Waals surface area contributed by atoms with E-state index in [1.807, 2.05) is 0 Å². The van der Waals surface area contributed by atoms with E-state index >= 15 is 0 Å². The molecular weight excluding hydrogens is 418 g/mol. The average molecular weight is 431 g/mol. The van der Waals surface area contributed by atoms with E-state index in [1.165, 1.54) is 24.3 Å². The Labute approximate surface area is 168 Å². The molecule has 0 aliphatic carbocycles. The predicted molar refractivity (Wildman–Crippen MR) is 108 cm³/mol. The van der Waals surface area contributed by atoms with Gasteiger partial charge in [0.25, 0.3) is 11.8 Å². The third-order valence-corrected chi connectivity index (χ3v) is 5.95. The Bertz CT molecular complexity index is 1270. The van der Waals surface area contributed by atoms with Crippen molar-refractivity contribution in [2.75, 3.05) is 16.4 Å². The highest BCUT2D eigenvalue weighted by Gasteiger charge is 2.36. The van der Waals surface area contributed by atoms with Crippen LogP contribution in [0.4, 0.5) is 17.1 Å². The third-order valence-electron chi connectivity index (χ3n) is 4.60. The van der Waals surface area contributed by atoms with Gasteiger partial charge in [-0.05, 0) is 36.4 Å². The molecule has 2 amide bonds. The Morgan fingerprint density at radius 1 is 0.862 bits per heavy atom. The van der Waals surface area contributed by atoms with Crippen LogP contribution in [0.2, 0.25) is 0 Å². The lowest BCUT2D eigenvalue weighted by atomic mass is 9.92. The second-order valence-corrected chi connectivity index (χ2v) is 8.18. The summed E-state index contributed by atoms with van der Waals surface area (Å²) in [4.78, 5) is 26.8. The van der Waals surface area contributed by atoms with Crippen molar-refractivity contribution in [1.29, 1.82) is 0 Å². The second-order valence-electron chi connectivity index (χ2n) is 6.27. The molecule has 2 unspecified atom stereocenters. The zero-order valence-electron chi connectivity index (χ0n) is 14.5. The van der Waals surface area contributed by atoms with Crippen LogP contribution in [0.25, 0.3) is 10.8 Å². The van der Waals surface area contributed by atoms with Crippen LogP contribution in [0.5, 0.6) is 0 Å². The van der Waals surface area contributed by atoms with Crippen LogP contribution in [-0.4, -0.2) is 29.3 Å². The molecule has 3 aromatic carbocycles. The fourth-order valence-corrected chi connectivity index (χ4v) is 4.30. The summed E-state index contributed by atoms with van der Waals surface area (Å²) in [6, 6.07) is 9.65. The van der Waals surface area contributed by atoms with Crippen LogP contribution in [0.3, 0.4) is 0 Å². The molecular formula is C18H13N3O6S2. The first-order chi connectivity index (χ1) is 13.7. The zero-order valence-corrected chi connectivity index (χ0v) is 16.1. The van der Waals surface area contributed by atoms with Crippen LogP contribution < -0.4 is 16.4 Å². The van der Waals surface area contributed by atoms with E-state index in [0.29, 0.717) is 5.69 Å². The maximum Gasteiger partial charge on any atom is 0.266 e. The standard InChI is InChI=1S/C18H13N3O6S2/c19-8-2-1-3-9(4-8)21-17(22)12-6-10(28(24)25)5-11-15(12)13(18(21)23)7-14(16(11)20)29(26)27/h1-7H,19-20H2,(H,24,25)(H,26,27). The van der Waals surface area contributed by atoms with Crippen LogP contribution in [-0.2, 0) is 22.2 Å². The summed E-state index contributed by atoms with van der Waals surface area (Å²) >= 11 is -4.99. The first kappa shape index (κ1) is 19.2. The Hall–Kier alpha value is -3.12. The second kappa shape index (κ2) is 6.74. The molecule has 1 aliphatic rings. The van der Waals surface area contributed by atoms with Crippen molar-refractivity contribution in [2.24, 2.45) is 0 Å². The van der Waals surface area contributed by atoms with Crippen LogP contribution >= 0.6 is 0 Å². The van der Waals surface area contributed by atoms with E-state index in [0.717, 1.165) is 11.0 Å². The molecule has 2 atom stereocenters. The lowest BCUT2D eigenvalue weighted by molar-refractivity contribution is 0.0893. The van der Waals surface area contributed by atoms with Gasteiger partial charge in [0.15, 0.2) is 22.2 Å². The number of amides is 2. The first-order valence-electron chi connectivity index (χ1n) is 8.07. The highest BCUT2D eigenvalue weighted by molar-refractivity contribution is 7.79. The van der Waals surface area contributed by atoms with Gasteiger partial charge in [-0.1, -0.05) is 6.07 Å². The van der Waals surface area contributed by atoms with E-state index in [1.54, 1.807) is 12.1 Å². The number of benzene rings is 3. The normalized spacial score (nSPS) is 15.6. The third kappa shape index (κ3) is 2.91. The Morgan fingerprint density at radius 3 is 2.10 bits per heavy atom. The molecule has 6 N–H and O–H groups in total. The summed E-state index contributed by atoms with van der Waals surface area (Å²) < 4.78 is 42.5. The smallest absolute Gasteiger partial charge is 0.266 e. The van der Waals surface area contributed by atoms with E-state index < -0.39 is 34.0 Å². The van der Waals surface area contributed by atoms with Gasteiger partial charge in [0.05, 0.1) is 32.3 Å². The number of carbonyl (C=O) groups excluding carboxylic acids is 2. The van der Waals surface area contributed by atoms with Gasteiger partial charge in [-0.25, -0.2) is 13.3 Å². The summed E-state index contributed by atoms with van der Waals surface area (Å²) in [6.45, 7) is 0. The number of carbonyl (C=O) groups is 2. The number of hydrogen-bond acceptors (Lipinski definition) is 6. The van der Waals surface area contributed by atoms with Crippen molar-refractivity contribution in [1.82, 2.24) is 0 Å². The number of nitrogens with zero attached hydrogens (tertiary/aromatic N) is 1. The van der Waals surface area contributed by atoms with Gasteiger partial charge in [-0.2, -0.15) is 0 Å². The molecule has 0 aromatic heterocycles. The number of anilines is 3. The Morgan fingerprint density at radius 2 is 1.52 bits per heavy atom. The molecule has 9 nitrogen and oxygen atoms in total. The molecule has 0 radical (unpaired) electrons. The van der Waals surface area contributed by atoms with Crippen molar-refractivity contribution in [3.05, 3.63) is 53.6 Å². The summed E-state index contributed by atoms with van der Waals surface area (Å²) in [6.07, 6.45) is 0. The SMILES string of the molecule is Nc1cccc(N2C(=O)c3cc(S(=O)O)cc4c(N)c(S(=O)O)cc(c34)C2=O)c1. The van der Waals surface area contributed by atoms with Gasteiger partial charge in [-0.15, -0.1) is 0 Å². The van der Waals surface area contributed by atoms with Gasteiger partial charge in [-0.3, -0.25) is 9.59 Å². The molecule has 0 saturated heterocycles. The monoisotopic (exact) mass is 431 g/mol. The topological polar surface area (TPSA) is 164 Å². The molecule has 148 valence electrons. The molecule has 4 rings (SSSR count). The van der Waals surface area contributed by atoms with E-state index in [2.05, 4.69) is 0 Å². The molecule has 0 saturated carbocycles. The lowest BCUT2D eigenvalue weighted by Gasteiger charge is -2.28. The number of nitrogens with two attached hydrogens (primary N) is 2. The van der Waals surface area contributed by atoms with E-state index in [-0.39, 0.29) is 43.1 Å². The number of imide groups is 1.